The molecular formula is C24H23BrN2O6. The molecule has 9 heteroatoms. The number of nitrogens with zero attached hydrogens (tertiary/aromatic N) is 1. The highest BCUT2D eigenvalue weighted by Gasteiger charge is 2.38. The van der Waals surface area contributed by atoms with Gasteiger partial charge in [0.05, 0.1) is 29.3 Å². The number of rotatable bonds is 6. The van der Waals surface area contributed by atoms with Gasteiger partial charge in [0, 0.05) is 16.8 Å². The monoisotopic (exact) mass is 514 g/mol. The number of nitrogens with one attached hydrogen (secondary N) is 1. The number of carbonyl (C=O) groups is 4. The molecule has 1 atom stereocenters. The smallest absolute Gasteiger partial charge is 0.338 e. The fraction of sp³-hybridized carbons (Fsp3) is 0.333. The number of hydrogen-bond acceptors (Lipinski definition) is 6. The van der Waals surface area contributed by atoms with E-state index in [1.165, 1.54) is 18.2 Å². The summed E-state index contributed by atoms with van der Waals surface area (Å²) in [6.07, 6.45) is 1.54. The molecule has 0 aliphatic carbocycles. The molecule has 0 saturated carbocycles. The summed E-state index contributed by atoms with van der Waals surface area (Å²) in [7, 11) is 0. The van der Waals surface area contributed by atoms with Gasteiger partial charge in [-0.15, -0.1) is 0 Å². The van der Waals surface area contributed by atoms with E-state index in [4.69, 9.17) is 9.47 Å². The molecule has 1 saturated heterocycles. The second-order valence-corrected chi connectivity index (χ2v) is 8.94. The van der Waals surface area contributed by atoms with Gasteiger partial charge in [0.1, 0.15) is 0 Å². The van der Waals surface area contributed by atoms with Crippen molar-refractivity contribution in [1.82, 2.24) is 4.90 Å². The van der Waals surface area contributed by atoms with Crippen LogP contribution in [-0.2, 0) is 14.3 Å². The number of anilines is 1. The van der Waals surface area contributed by atoms with Gasteiger partial charge in [-0.25, -0.2) is 4.79 Å². The number of hydrogen-bond donors (Lipinski definition) is 1. The number of fused-ring (bicyclic) bond motifs is 1. The van der Waals surface area contributed by atoms with Gasteiger partial charge in [-0.2, -0.15) is 0 Å². The highest BCUT2D eigenvalue weighted by atomic mass is 79.9. The largest absolute Gasteiger partial charge is 0.452 e. The molecule has 33 heavy (non-hydrogen) atoms. The second-order valence-electron chi connectivity index (χ2n) is 8.09. The Labute approximate surface area is 199 Å². The van der Waals surface area contributed by atoms with Crippen LogP contribution >= 0.6 is 15.9 Å². The van der Waals surface area contributed by atoms with Crippen molar-refractivity contribution in [2.45, 2.75) is 32.8 Å². The average molecular weight is 515 g/mol. The summed E-state index contributed by atoms with van der Waals surface area (Å²) in [5.74, 6) is -2.10. The quantitative estimate of drug-likeness (QED) is 0.466. The van der Waals surface area contributed by atoms with Crippen molar-refractivity contribution < 1.29 is 28.7 Å². The third-order valence-corrected chi connectivity index (χ3v) is 6.81. The molecule has 1 N–H and O–H groups in total. The molecule has 4 rings (SSSR count). The van der Waals surface area contributed by atoms with Crippen LogP contribution in [0.2, 0.25) is 0 Å². The molecule has 8 nitrogen and oxygen atoms in total. The lowest BCUT2D eigenvalue weighted by molar-refractivity contribution is -0.119. The minimum Gasteiger partial charge on any atom is -0.452 e. The van der Waals surface area contributed by atoms with E-state index in [-0.39, 0.29) is 29.3 Å². The van der Waals surface area contributed by atoms with E-state index in [1.807, 2.05) is 19.9 Å². The number of halogens is 1. The third-order valence-electron chi connectivity index (χ3n) is 5.95. The first-order chi connectivity index (χ1) is 15.8. The fourth-order valence-corrected chi connectivity index (χ4v) is 4.33. The maximum Gasteiger partial charge on any atom is 0.338 e. The number of carbonyl (C=O) groups excluding carboxylic acids is 4. The standard InChI is InChI=1S/C24H23BrN2O6/c1-13-14(2)20(8-7-19(13)25)26-21(28)12-33-24(31)15-5-6-17-18(10-15)23(30)27(22(17)29)11-16-4-3-9-32-16/h5-8,10,16H,3-4,9,11-12H2,1-2H3,(H,26,28)/t16-/m1/s1. The zero-order valence-corrected chi connectivity index (χ0v) is 19.9. The maximum absolute atomic E-state index is 12.8. The van der Waals surface area contributed by atoms with Crippen LogP contribution in [0.15, 0.2) is 34.8 Å². The van der Waals surface area contributed by atoms with Gasteiger partial charge in [0.15, 0.2) is 6.61 Å². The molecule has 172 valence electrons. The second kappa shape index (κ2) is 9.44. The van der Waals surface area contributed by atoms with Crippen molar-refractivity contribution in [3.8, 4) is 0 Å². The van der Waals surface area contributed by atoms with Crippen LogP contribution in [0.1, 0.15) is 55.0 Å². The first kappa shape index (κ1) is 23.1. The summed E-state index contributed by atoms with van der Waals surface area (Å²) < 4.78 is 11.6. The van der Waals surface area contributed by atoms with Gasteiger partial charge in [-0.3, -0.25) is 19.3 Å². The molecule has 3 amide bonds. The highest BCUT2D eigenvalue weighted by Crippen LogP contribution is 2.27. The van der Waals surface area contributed by atoms with Gasteiger partial charge < -0.3 is 14.8 Å². The van der Waals surface area contributed by atoms with Crippen molar-refractivity contribution in [2.75, 3.05) is 25.1 Å². The molecule has 0 aromatic heterocycles. The predicted octanol–water partition coefficient (Wildman–Crippen LogP) is 3.64. The molecule has 2 aromatic rings. The van der Waals surface area contributed by atoms with Crippen LogP contribution in [0.25, 0.3) is 0 Å². The Balaban J connectivity index is 1.39. The van der Waals surface area contributed by atoms with E-state index >= 15 is 0 Å². The first-order valence-corrected chi connectivity index (χ1v) is 11.4. The number of esters is 1. The van der Waals surface area contributed by atoms with Gasteiger partial charge in [0.25, 0.3) is 17.7 Å². The average Bonchev–Trinajstić information content (AvgIpc) is 3.40. The molecular weight excluding hydrogens is 492 g/mol. The lowest BCUT2D eigenvalue weighted by Gasteiger charge is -2.17. The van der Waals surface area contributed by atoms with Crippen LogP contribution < -0.4 is 5.32 Å². The summed E-state index contributed by atoms with van der Waals surface area (Å²) in [4.78, 5) is 51.3. The zero-order chi connectivity index (χ0) is 23.7. The van der Waals surface area contributed by atoms with E-state index in [0.717, 1.165) is 33.3 Å². The zero-order valence-electron chi connectivity index (χ0n) is 18.3. The van der Waals surface area contributed by atoms with Gasteiger partial charge >= 0.3 is 5.97 Å². The van der Waals surface area contributed by atoms with Crippen molar-refractivity contribution >= 4 is 45.3 Å². The van der Waals surface area contributed by atoms with Crippen molar-refractivity contribution in [3.63, 3.8) is 0 Å². The lowest BCUT2D eigenvalue weighted by Crippen LogP contribution is -2.36. The highest BCUT2D eigenvalue weighted by molar-refractivity contribution is 9.10. The molecule has 2 aliphatic rings. The third kappa shape index (κ3) is 4.69. The van der Waals surface area contributed by atoms with E-state index in [2.05, 4.69) is 21.2 Å². The number of benzene rings is 2. The predicted molar refractivity (Wildman–Crippen MR) is 123 cm³/mol. The normalized spacial score (nSPS) is 17.3. The van der Waals surface area contributed by atoms with Gasteiger partial charge in [-0.05, 0) is 68.1 Å². The minimum absolute atomic E-state index is 0.0948. The van der Waals surface area contributed by atoms with Crippen LogP contribution in [0, 0.1) is 13.8 Å². The summed E-state index contributed by atoms with van der Waals surface area (Å²) in [5.41, 5.74) is 3.02. The molecule has 2 aromatic carbocycles. The molecule has 1 fully saturated rings. The molecule has 2 heterocycles. The van der Waals surface area contributed by atoms with Crippen LogP contribution in [0.3, 0.4) is 0 Å². The SMILES string of the molecule is Cc1c(Br)ccc(NC(=O)COC(=O)c2ccc3c(c2)C(=O)N(C[C@H]2CCCO2)C3=O)c1C. The number of imide groups is 1. The Bertz CT molecular complexity index is 1160. The minimum atomic E-state index is -0.755. The fourth-order valence-electron chi connectivity index (χ4n) is 3.90. The number of amides is 3. The van der Waals surface area contributed by atoms with Crippen molar-refractivity contribution in [2.24, 2.45) is 0 Å². The molecule has 0 bridgehead atoms. The maximum atomic E-state index is 12.8. The van der Waals surface area contributed by atoms with Crippen molar-refractivity contribution in [3.05, 3.63) is 62.6 Å². The van der Waals surface area contributed by atoms with E-state index < -0.39 is 30.3 Å². The van der Waals surface area contributed by atoms with E-state index in [0.29, 0.717) is 12.3 Å². The van der Waals surface area contributed by atoms with Gasteiger partial charge in [-0.1, -0.05) is 15.9 Å². The molecule has 0 spiro atoms. The summed E-state index contributed by atoms with van der Waals surface area (Å²) in [5, 5.41) is 2.73. The topological polar surface area (TPSA) is 102 Å². The van der Waals surface area contributed by atoms with E-state index in [1.54, 1.807) is 6.07 Å². The Hall–Kier alpha value is -3.04. The van der Waals surface area contributed by atoms with Crippen LogP contribution in [-0.4, -0.2) is 54.5 Å². The summed E-state index contributed by atoms with van der Waals surface area (Å²) in [6, 6.07) is 7.79. The first-order valence-electron chi connectivity index (χ1n) is 10.6. The molecule has 2 aliphatic heterocycles. The Morgan fingerprint density at radius 3 is 2.61 bits per heavy atom. The Morgan fingerprint density at radius 1 is 1.12 bits per heavy atom. The molecule has 0 radical (unpaired) electrons. The lowest BCUT2D eigenvalue weighted by atomic mass is 10.1. The molecule has 0 unspecified atom stereocenters. The van der Waals surface area contributed by atoms with Crippen molar-refractivity contribution in [1.29, 1.82) is 0 Å². The van der Waals surface area contributed by atoms with Gasteiger partial charge in [0.2, 0.25) is 0 Å². The summed E-state index contributed by atoms with van der Waals surface area (Å²) in [6.45, 7) is 4.14. The van der Waals surface area contributed by atoms with E-state index in [9.17, 15) is 19.2 Å². The number of ether oxygens (including phenoxy) is 2. The summed E-state index contributed by atoms with van der Waals surface area (Å²) >= 11 is 3.44. The Morgan fingerprint density at radius 2 is 1.88 bits per heavy atom. The van der Waals surface area contributed by atoms with Crippen LogP contribution in [0.4, 0.5) is 5.69 Å². The van der Waals surface area contributed by atoms with Crippen LogP contribution in [0.5, 0.6) is 0 Å². The Kier molecular flexibility index (Phi) is 6.62.